The number of carbonyl (C=O) groups excluding carboxylic acids is 1. The number of nitrogens with zero attached hydrogens (tertiary/aromatic N) is 3. The molecule has 0 amide bonds. The molecule has 2 heterocycles. The van der Waals surface area contributed by atoms with E-state index in [1.807, 2.05) is 0 Å². The predicted molar refractivity (Wildman–Crippen MR) is 97.0 cm³/mol. The number of pyridine rings is 1. The molecule has 0 bridgehead atoms. The van der Waals surface area contributed by atoms with Gasteiger partial charge in [0.25, 0.3) is 5.56 Å². The number of esters is 1. The van der Waals surface area contributed by atoms with Crippen LogP contribution >= 0.6 is 0 Å². The Hall–Kier alpha value is -3.81. The standard InChI is InChI=1S/C20H13F2N3O3/c1-28-20(27)15-11-24(17-8-7-12(21)9-16(17)22)10-14-18(15)23-25(19(14)26)13-5-3-2-4-6-13/h2-11H,1H3. The SMILES string of the molecule is COC(=O)c1cn(-c2ccc(F)cc2F)cc2c(=O)n(-c3ccccc3)nc1-2. The first-order valence-corrected chi connectivity index (χ1v) is 8.24. The van der Waals surface area contributed by atoms with Crippen LogP contribution in [0.25, 0.3) is 22.6 Å². The molecule has 2 aliphatic heterocycles. The topological polar surface area (TPSA) is 66.1 Å². The Morgan fingerprint density at radius 1 is 1.07 bits per heavy atom. The molecular weight excluding hydrogens is 368 g/mol. The number of benzene rings is 2. The Morgan fingerprint density at radius 3 is 2.50 bits per heavy atom. The van der Waals surface area contributed by atoms with Crippen molar-refractivity contribution in [3.05, 3.63) is 88.5 Å². The lowest BCUT2D eigenvalue weighted by molar-refractivity contribution is 0.0600. The number of methoxy groups -OCH3 is 1. The third kappa shape index (κ3) is 2.84. The van der Waals surface area contributed by atoms with E-state index >= 15 is 0 Å². The number of carbonyl (C=O) groups is 1. The van der Waals surface area contributed by atoms with Crippen molar-refractivity contribution in [1.29, 1.82) is 0 Å². The van der Waals surface area contributed by atoms with Crippen LogP contribution in [0.5, 0.6) is 0 Å². The fourth-order valence-electron chi connectivity index (χ4n) is 2.94. The second kappa shape index (κ2) is 6.73. The second-order valence-electron chi connectivity index (χ2n) is 5.98. The lowest BCUT2D eigenvalue weighted by Gasteiger charge is -2.12. The van der Waals surface area contributed by atoms with Gasteiger partial charge in [0.15, 0.2) is 0 Å². The summed E-state index contributed by atoms with van der Waals surface area (Å²) in [5.41, 5.74) is 0.202. The Bertz CT molecular complexity index is 1220. The van der Waals surface area contributed by atoms with Crippen molar-refractivity contribution in [1.82, 2.24) is 14.3 Å². The van der Waals surface area contributed by atoms with E-state index in [2.05, 4.69) is 5.10 Å². The van der Waals surface area contributed by atoms with Gasteiger partial charge >= 0.3 is 5.97 Å². The van der Waals surface area contributed by atoms with Crippen molar-refractivity contribution >= 4 is 5.97 Å². The van der Waals surface area contributed by atoms with Crippen molar-refractivity contribution in [3.8, 4) is 22.6 Å². The van der Waals surface area contributed by atoms with Gasteiger partial charge in [-0.2, -0.15) is 9.78 Å². The van der Waals surface area contributed by atoms with Gasteiger partial charge in [0.2, 0.25) is 0 Å². The third-order valence-electron chi connectivity index (χ3n) is 4.26. The normalized spacial score (nSPS) is 11.0. The number of hydrogen-bond donors (Lipinski definition) is 0. The lowest BCUT2D eigenvalue weighted by atomic mass is 10.1. The maximum absolute atomic E-state index is 14.2. The molecule has 0 spiro atoms. The van der Waals surface area contributed by atoms with Gasteiger partial charge in [0.05, 0.1) is 24.0 Å². The van der Waals surface area contributed by atoms with Crippen LogP contribution in [-0.4, -0.2) is 27.4 Å². The number of halogens is 2. The van der Waals surface area contributed by atoms with E-state index in [1.54, 1.807) is 30.3 Å². The molecule has 0 saturated carbocycles. The first-order valence-electron chi connectivity index (χ1n) is 8.24. The molecule has 0 aromatic heterocycles. The highest BCUT2D eigenvalue weighted by Gasteiger charge is 2.25. The van der Waals surface area contributed by atoms with Gasteiger partial charge in [0.1, 0.15) is 22.9 Å². The van der Waals surface area contributed by atoms with Crippen LogP contribution in [0.2, 0.25) is 0 Å². The van der Waals surface area contributed by atoms with Gasteiger partial charge in [-0.25, -0.2) is 13.6 Å². The maximum Gasteiger partial charge on any atom is 0.341 e. The van der Waals surface area contributed by atoms with Gasteiger partial charge in [0, 0.05) is 18.5 Å². The Balaban J connectivity index is 2.02. The Kier molecular flexibility index (Phi) is 4.23. The van der Waals surface area contributed by atoms with E-state index in [0.717, 1.165) is 16.8 Å². The number of ether oxygens (including phenoxy) is 1. The molecule has 0 aliphatic carbocycles. The molecule has 2 aromatic carbocycles. The van der Waals surface area contributed by atoms with E-state index < -0.39 is 23.2 Å². The monoisotopic (exact) mass is 381 g/mol. The average molecular weight is 381 g/mol. The summed E-state index contributed by atoms with van der Waals surface area (Å²) in [5.74, 6) is -2.32. The van der Waals surface area contributed by atoms with Gasteiger partial charge in [-0.1, -0.05) is 18.2 Å². The summed E-state index contributed by atoms with van der Waals surface area (Å²) < 4.78 is 34.7. The van der Waals surface area contributed by atoms with Crippen molar-refractivity contribution in [2.75, 3.05) is 7.11 Å². The molecule has 2 aromatic rings. The minimum absolute atomic E-state index is 0.0180. The molecule has 0 unspecified atom stereocenters. The highest BCUT2D eigenvalue weighted by Crippen LogP contribution is 2.26. The van der Waals surface area contributed by atoms with Crippen LogP contribution in [0.3, 0.4) is 0 Å². The number of fused-ring (bicyclic) bond motifs is 1. The average Bonchev–Trinajstić information content (AvgIpc) is 3.04. The minimum atomic E-state index is -0.844. The molecular formula is C20H13F2N3O3. The molecule has 28 heavy (non-hydrogen) atoms. The van der Waals surface area contributed by atoms with Crippen molar-refractivity contribution in [2.24, 2.45) is 0 Å². The van der Waals surface area contributed by atoms with Crippen LogP contribution in [-0.2, 0) is 4.74 Å². The summed E-state index contributed by atoms with van der Waals surface area (Å²) in [5, 5.41) is 4.26. The zero-order chi connectivity index (χ0) is 19.8. The van der Waals surface area contributed by atoms with Crippen molar-refractivity contribution in [2.45, 2.75) is 0 Å². The van der Waals surface area contributed by atoms with Crippen molar-refractivity contribution in [3.63, 3.8) is 0 Å². The van der Waals surface area contributed by atoms with Gasteiger partial charge in [-0.05, 0) is 24.3 Å². The molecule has 0 saturated heterocycles. The predicted octanol–water partition coefficient (Wildman–Crippen LogP) is 3.19. The smallest absolute Gasteiger partial charge is 0.341 e. The molecule has 0 fully saturated rings. The molecule has 140 valence electrons. The fraction of sp³-hybridized carbons (Fsp3) is 0.0500. The zero-order valence-electron chi connectivity index (χ0n) is 14.6. The molecule has 6 nitrogen and oxygen atoms in total. The first kappa shape index (κ1) is 17.6. The third-order valence-corrected chi connectivity index (χ3v) is 4.26. The van der Waals surface area contributed by atoms with Crippen LogP contribution in [0.4, 0.5) is 8.78 Å². The van der Waals surface area contributed by atoms with E-state index in [9.17, 15) is 18.4 Å². The van der Waals surface area contributed by atoms with Gasteiger partial charge < -0.3 is 9.30 Å². The summed E-state index contributed by atoms with van der Waals surface area (Å²) in [7, 11) is 1.19. The van der Waals surface area contributed by atoms with Crippen LogP contribution < -0.4 is 5.56 Å². The van der Waals surface area contributed by atoms with Crippen LogP contribution in [0.1, 0.15) is 10.4 Å². The molecule has 0 N–H and O–H groups in total. The Labute approximate surface area is 157 Å². The zero-order valence-corrected chi connectivity index (χ0v) is 14.6. The molecule has 4 rings (SSSR count). The summed E-state index contributed by atoms with van der Waals surface area (Å²) >= 11 is 0. The van der Waals surface area contributed by atoms with E-state index in [0.29, 0.717) is 5.69 Å². The number of aromatic nitrogens is 3. The van der Waals surface area contributed by atoms with Gasteiger partial charge in [-0.15, -0.1) is 0 Å². The molecule has 2 aliphatic rings. The highest BCUT2D eigenvalue weighted by molar-refractivity contribution is 5.96. The molecule has 8 heteroatoms. The second-order valence-corrected chi connectivity index (χ2v) is 5.98. The van der Waals surface area contributed by atoms with Gasteiger partial charge in [-0.3, -0.25) is 4.79 Å². The summed E-state index contributed by atoms with van der Waals surface area (Å²) in [6.07, 6.45) is 2.65. The quantitative estimate of drug-likeness (QED) is 0.511. The molecule has 0 radical (unpaired) electrons. The number of para-hydroxylation sites is 1. The van der Waals surface area contributed by atoms with E-state index in [4.69, 9.17) is 4.74 Å². The fourth-order valence-corrected chi connectivity index (χ4v) is 2.94. The maximum atomic E-state index is 14.2. The highest BCUT2D eigenvalue weighted by atomic mass is 19.1. The number of hydrogen-bond acceptors (Lipinski definition) is 4. The lowest BCUT2D eigenvalue weighted by Crippen LogP contribution is -2.15. The molecule has 0 atom stereocenters. The van der Waals surface area contributed by atoms with E-state index in [-0.39, 0.29) is 22.5 Å². The minimum Gasteiger partial charge on any atom is -0.465 e. The van der Waals surface area contributed by atoms with Crippen LogP contribution in [0.15, 0.2) is 65.7 Å². The van der Waals surface area contributed by atoms with E-state index in [1.165, 1.54) is 30.1 Å². The van der Waals surface area contributed by atoms with Crippen molar-refractivity contribution < 1.29 is 18.3 Å². The summed E-state index contributed by atoms with van der Waals surface area (Å²) in [4.78, 5) is 25.2. The summed E-state index contributed by atoms with van der Waals surface area (Å²) in [6, 6.07) is 11.7. The Morgan fingerprint density at radius 2 is 1.82 bits per heavy atom. The number of rotatable bonds is 3. The first-order chi connectivity index (χ1) is 13.5. The van der Waals surface area contributed by atoms with Crippen LogP contribution in [0, 0.1) is 11.6 Å². The largest absolute Gasteiger partial charge is 0.465 e. The summed E-state index contributed by atoms with van der Waals surface area (Å²) in [6.45, 7) is 0.